The zero-order valence-corrected chi connectivity index (χ0v) is 16.8. The Morgan fingerprint density at radius 3 is 2.76 bits per heavy atom. The van der Waals surface area contributed by atoms with E-state index in [1.165, 1.54) is 32.1 Å². The van der Waals surface area contributed by atoms with E-state index in [2.05, 4.69) is 43.8 Å². The van der Waals surface area contributed by atoms with Crippen molar-refractivity contribution in [3.63, 3.8) is 0 Å². The highest BCUT2D eigenvalue weighted by atomic mass is 32.1. The highest BCUT2D eigenvalue weighted by molar-refractivity contribution is 7.13. The average molecular weight is 403 g/mol. The lowest BCUT2D eigenvalue weighted by atomic mass is 9.68. The molecule has 0 saturated heterocycles. The molecular formula is C22H22N6S. The van der Waals surface area contributed by atoms with E-state index in [-0.39, 0.29) is 0 Å². The van der Waals surface area contributed by atoms with Gasteiger partial charge in [0.05, 0.1) is 16.1 Å². The number of nitrogens with zero attached hydrogens (tertiary/aromatic N) is 4. The van der Waals surface area contributed by atoms with Crippen molar-refractivity contribution in [2.24, 2.45) is 11.8 Å². The van der Waals surface area contributed by atoms with Crippen LogP contribution in [0.1, 0.15) is 32.1 Å². The van der Waals surface area contributed by atoms with Crippen LogP contribution in [-0.4, -0.2) is 31.0 Å². The van der Waals surface area contributed by atoms with Gasteiger partial charge in [-0.1, -0.05) is 18.9 Å². The lowest BCUT2D eigenvalue weighted by Crippen LogP contribution is -2.40. The molecule has 3 saturated carbocycles. The summed E-state index contributed by atoms with van der Waals surface area (Å²) in [7, 11) is 0. The van der Waals surface area contributed by atoms with Crippen LogP contribution in [0.2, 0.25) is 0 Å². The predicted octanol–water partition coefficient (Wildman–Crippen LogP) is 5.13. The van der Waals surface area contributed by atoms with E-state index in [1.54, 1.807) is 23.7 Å². The highest BCUT2D eigenvalue weighted by Gasteiger charge is 2.35. The van der Waals surface area contributed by atoms with Gasteiger partial charge in [-0.05, 0) is 42.5 Å². The van der Waals surface area contributed by atoms with Gasteiger partial charge >= 0.3 is 0 Å². The lowest BCUT2D eigenvalue weighted by molar-refractivity contribution is 0.157. The average Bonchev–Trinajstić information content (AvgIpc) is 3.45. The quantitative estimate of drug-likeness (QED) is 0.494. The van der Waals surface area contributed by atoms with Crippen molar-refractivity contribution in [3.8, 4) is 22.0 Å². The number of fused-ring (bicyclic) bond motifs is 4. The fourth-order valence-electron chi connectivity index (χ4n) is 4.96. The van der Waals surface area contributed by atoms with Crippen LogP contribution in [-0.2, 0) is 0 Å². The van der Waals surface area contributed by atoms with Gasteiger partial charge in [-0.15, -0.1) is 11.3 Å². The molecular weight excluding hydrogens is 380 g/mol. The molecule has 4 aromatic heterocycles. The predicted molar refractivity (Wildman–Crippen MR) is 116 cm³/mol. The molecule has 7 heteroatoms. The van der Waals surface area contributed by atoms with Crippen molar-refractivity contribution in [3.05, 3.63) is 42.2 Å². The Hall–Kier alpha value is -2.80. The summed E-state index contributed by atoms with van der Waals surface area (Å²) < 4.78 is 0. The van der Waals surface area contributed by atoms with Gasteiger partial charge in [-0.25, -0.2) is 15.0 Å². The molecule has 0 aliphatic heterocycles. The van der Waals surface area contributed by atoms with E-state index in [1.807, 2.05) is 6.20 Å². The summed E-state index contributed by atoms with van der Waals surface area (Å²) >= 11 is 1.70. The van der Waals surface area contributed by atoms with Crippen molar-refractivity contribution in [2.45, 2.75) is 38.1 Å². The fraction of sp³-hybridized carbons (Fsp3) is 0.364. The fourth-order valence-corrected chi connectivity index (χ4v) is 5.64. The standard InChI is InChI=1S/C22H22N6S/c1-2-18(29-9-1)17-11-19(26-16-10-13-3-5-14(16)6-4-13)28-21(27-17)15-12-25-22-20(15)23-7-8-24-22/h1-2,7-9,11-14,16H,3-6,10H2,(H,24,25)(H,26,27,28)/t13?,14?,16-/m1/s1. The van der Waals surface area contributed by atoms with Crippen LogP contribution in [0.25, 0.3) is 33.1 Å². The second-order valence-electron chi connectivity index (χ2n) is 8.16. The van der Waals surface area contributed by atoms with Gasteiger partial charge in [-0.2, -0.15) is 0 Å². The first-order valence-electron chi connectivity index (χ1n) is 10.3. The van der Waals surface area contributed by atoms with Crippen molar-refractivity contribution < 1.29 is 0 Å². The summed E-state index contributed by atoms with van der Waals surface area (Å²) in [5.74, 6) is 3.24. The Kier molecular flexibility index (Phi) is 4.08. The number of hydrogen-bond acceptors (Lipinski definition) is 6. The summed E-state index contributed by atoms with van der Waals surface area (Å²) in [6, 6.07) is 6.78. The van der Waals surface area contributed by atoms with Gasteiger partial charge < -0.3 is 10.3 Å². The van der Waals surface area contributed by atoms with Crippen LogP contribution in [0.5, 0.6) is 0 Å². The summed E-state index contributed by atoms with van der Waals surface area (Å²) in [6.45, 7) is 0. The third kappa shape index (κ3) is 3.09. The number of anilines is 1. The Balaban J connectivity index is 1.43. The third-order valence-corrected chi connectivity index (χ3v) is 7.32. The first-order chi connectivity index (χ1) is 14.3. The molecule has 4 aromatic rings. The second kappa shape index (κ2) is 6.91. The minimum Gasteiger partial charge on any atom is -0.367 e. The van der Waals surface area contributed by atoms with Gasteiger partial charge in [0, 0.05) is 30.7 Å². The molecule has 0 unspecified atom stereocenters. The monoisotopic (exact) mass is 402 g/mol. The largest absolute Gasteiger partial charge is 0.367 e. The van der Waals surface area contributed by atoms with E-state index in [0.717, 1.165) is 45.0 Å². The number of aromatic nitrogens is 5. The van der Waals surface area contributed by atoms with Crippen LogP contribution >= 0.6 is 11.3 Å². The summed E-state index contributed by atoms with van der Waals surface area (Å²) in [5, 5.41) is 5.86. The molecule has 0 amide bonds. The molecule has 3 aliphatic carbocycles. The molecule has 1 atom stereocenters. The van der Waals surface area contributed by atoms with E-state index in [4.69, 9.17) is 9.97 Å². The molecule has 146 valence electrons. The molecule has 6 nitrogen and oxygen atoms in total. The topological polar surface area (TPSA) is 79.4 Å². The van der Waals surface area contributed by atoms with Gasteiger partial charge in [0.25, 0.3) is 0 Å². The normalized spacial score (nSPS) is 23.5. The number of thiophene rings is 1. The molecule has 29 heavy (non-hydrogen) atoms. The third-order valence-electron chi connectivity index (χ3n) is 6.43. The zero-order valence-electron chi connectivity index (χ0n) is 16.0. The minimum absolute atomic E-state index is 0.518. The van der Waals surface area contributed by atoms with E-state index < -0.39 is 0 Å². The molecule has 0 aromatic carbocycles. The number of nitrogens with one attached hydrogen (secondary N) is 2. The van der Waals surface area contributed by atoms with Gasteiger partial charge in [0.2, 0.25) is 0 Å². The molecule has 7 rings (SSSR count). The molecule has 2 N–H and O–H groups in total. The van der Waals surface area contributed by atoms with Crippen LogP contribution in [0.15, 0.2) is 42.2 Å². The van der Waals surface area contributed by atoms with Crippen LogP contribution in [0.4, 0.5) is 5.82 Å². The Labute approximate surface area is 172 Å². The molecule has 0 radical (unpaired) electrons. The van der Waals surface area contributed by atoms with E-state index in [9.17, 15) is 0 Å². The zero-order chi connectivity index (χ0) is 19.2. The summed E-state index contributed by atoms with van der Waals surface area (Å²) in [5.41, 5.74) is 3.40. The van der Waals surface area contributed by atoms with Gasteiger partial charge in [0.1, 0.15) is 11.3 Å². The van der Waals surface area contributed by atoms with Crippen molar-refractivity contribution in [1.29, 1.82) is 0 Å². The van der Waals surface area contributed by atoms with Crippen LogP contribution < -0.4 is 5.32 Å². The Bertz CT molecular complexity index is 1140. The van der Waals surface area contributed by atoms with E-state index in [0.29, 0.717) is 11.9 Å². The van der Waals surface area contributed by atoms with Gasteiger partial charge in [0.15, 0.2) is 11.5 Å². The maximum Gasteiger partial charge on any atom is 0.165 e. The molecule has 0 spiro atoms. The lowest BCUT2D eigenvalue weighted by Gasteiger charge is -2.42. The van der Waals surface area contributed by atoms with Crippen molar-refractivity contribution >= 4 is 28.3 Å². The first kappa shape index (κ1) is 17.1. The molecule has 4 heterocycles. The van der Waals surface area contributed by atoms with Gasteiger partial charge in [-0.3, -0.25) is 4.98 Å². The number of aromatic amines is 1. The first-order valence-corrected chi connectivity index (χ1v) is 11.2. The second-order valence-corrected chi connectivity index (χ2v) is 9.11. The van der Waals surface area contributed by atoms with Crippen LogP contribution in [0, 0.1) is 11.8 Å². The van der Waals surface area contributed by atoms with Crippen LogP contribution in [0.3, 0.4) is 0 Å². The maximum atomic E-state index is 4.91. The SMILES string of the molecule is c1csc(-c2cc(N[C@@H]3CC4CCC3CC4)nc(-c3c[nH]c4nccnc34)n2)c1. The minimum atomic E-state index is 0.518. The maximum absolute atomic E-state index is 4.91. The Morgan fingerprint density at radius 1 is 1.07 bits per heavy atom. The van der Waals surface area contributed by atoms with E-state index >= 15 is 0 Å². The number of rotatable bonds is 4. The highest BCUT2D eigenvalue weighted by Crippen LogP contribution is 2.42. The number of hydrogen-bond donors (Lipinski definition) is 2. The molecule has 3 aliphatic rings. The summed E-state index contributed by atoms with van der Waals surface area (Å²) in [4.78, 5) is 23.0. The molecule has 2 bridgehead atoms. The summed E-state index contributed by atoms with van der Waals surface area (Å²) in [6.07, 6.45) is 12.0. The Morgan fingerprint density at radius 2 is 1.97 bits per heavy atom. The molecule has 3 fully saturated rings. The van der Waals surface area contributed by atoms with Crippen molar-refractivity contribution in [2.75, 3.05) is 5.32 Å². The van der Waals surface area contributed by atoms with Crippen molar-refractivity contribution in [1.82, 2.24) is 24.9 Å². The smallest absolute Gasteiger partial charge is 0.165 e. The number of H-pyrrole nitrogens is 1.